The monoisotopic (exact) mass is 359 g/mol. The number of hydrogen-bond acceptors (Lipinski definition) is 5. The van der Waals surface area contributed by atoms with E-state index in [0.717, 1.165) is 41.3 Å². The number of anilines is 1. The highest BCUT2D eigenvalue weighted by molar-refractivity contribution is 5.94. The molecule has 1 aliphatic heterocycles. The van der Waals surface area contributed by atoms with E-state index in [4.69, 9.17) is 0 Å². The zero-order valence-corrected chi connectivity index (χ0v) is 15.2. The fraction of sp³-hybridized carbons (Fsp3) is 0.238. The molecular formula is C21H21N5O. The predicted molar refractivity (Wildman–Crippen MR) is 105 cm³/mol. The van der Waals surface area contributed by atoms with Crippen LogP contribution in [0.25, 0.3) is 11.3 Å². The summed E-state index contributed by atoms with van der Waals surface area (Å²) >= 11 is 0. The molecule has 1 saturated heterocycles. The summed E-state index contributed by atoms with van der Waals surface area (Å²) < 4.78 is 0. The molecule has 6 nitrogen and oxygen atoms in total. The quantitative estimate of drug-likeness (QED) is 0.720. The number of hydrogen-bond donors (Lipinski definition) is 0. The van der Waals surface area contributed by atoms with Crippen molar-refractivity contribution >= 4 is 11.7 Å². The fourth-order valence-electron chi connectivity index (χ4n) is 3.26. The van der Waals surface area contributed by atoms with Gasteiger partial charge in [0.15, 0.2) is 5.82 Å². The number of aromatic nitrogens is 3. The summed E-state index contributed by atoms with van der Waals surface area (Å²) in [5.74, 6) is 0.932. The molecule has 136 valence electrons. The molecule has 1 aliphatic rings. The van der Waals surface area contributed by atoms with Gasteiger partial charge >= 0.3 is 0 Å². The van der Waals surface area contributed by atoms with E-state index < -0.39 is 0 Å². The Morgan fingerprint density at radius 2 is 1.81 bits per heavy atom. The summed E-state index contributed by atoms with van der Waals surface area (Å²) in [7, 11) is 0. The molecule has 1 amide bonds. The van der Waals surface area contributed by atoms with Gasteiger partial charge in [0.1, 0.15) is 0 Å². The van der Waals surface area contributed by atoms with Gasteiger partial charge in [-0.25, -0.2) is 0 Å². The van der Waals surface area contributed by atoms with Crippen LogP contribution in [-0.4, -0.2) is 52.2 Å². The zero-order valence-electron chi connectivity index (χ0n) is 15.2. The van der Waals surface area contributed by atoms with Crippen LogP contribution in [0.3, 0.4) is 0 Å². The Kier molecular flexibility index (Phi) is 4.78. The molecule has 0 aliphatic carbocycles. The van der Waals surface area contributed by atoms with Crippen LogP contribution >= 0.6 is 0 Å². The third kappa shape index (κ3) is 3.79. The first-order valence-corrected chi connectivity index (χ1v) is 9.06. The van der Waals surface area contributed by atoms with Gasteiger partial charge in [-0.2, -0.15) is 0 Å². The zero-order chi connectivity index (χ0) is 18.6. The van der Waals surface area contributed by atoms with Crippen molar-refractivity contribution in [2.45, 2.75) is 6.92 Å². The highest BCUT2D eigenvalue weighted by Crippen LogP contribution is 2.19. The lowest BCUT2D eigenvalue weighted by atomic mass is 10.1. The van der Waals surface area contributed by atoms with Crippen molar-refractivity contribution in [3.63, 3.8) is 0 Å². The average molecular weight is 359 g/mol. The molecule has 0 unspecified atom stereocenters. The van der Waals surface area contributed by atoms with Crippen LogP contribution < -0.4 is 4.90 Å². The van der Waals surface area contributed by atoms with Crippen LogP contribution in [0.1, 0.15) is 15.9 Å². The smallest absolute Gasteiger partial charge is 0.253 e. The van der Waals surface area contributed by atoms with Crippen LogP contribution in [-0.2, 0) is 0 Å². The third-order valence-electron chi connectivity index (χ3n) is 4.76. The molecule has 2 aromatic heterocycles. The third-order valence-corrected chi connectivity index (χ3v) is 4.76. The van der Waals surface area contributed by atoms with Crippen LogP contribution in [0.15, 0.2) is 60.9 Å². The van der Waals surface area contributed by atoms with Crippen molar-refractivity contribution in [1.29, 1.82) is 0 Å². The molecule has 0 N–H and O–H groups in total. The molecule has 27 heavy (non-hydrogen) atoms. The molecule has 1 fully saturated rings. The Balaban J connectivity index is 1.40. The number of amides is 1. The van der Waals surface area contributed by atoms with Crippen molar-refractivity contribution in [1.82, 2.24) is 20.1 Å². The summed E-state index contributed by atoms with van der Waals surface area (Å²) in [5.41, 5.74) is 3.61. The Labute approximate surface area is 158 Å². The second kappa shape index (κ2) is 7.53. The minimum absolute atomic E-state index is 0.0939. The Morgan fingerprint density at radius 1 is 0.963 bits per heavy atom. The van der Waals surface area contributed by atoms with E-state index in [2.05, 4.69) is 20.1 Å². The van der Waals surface area contributed by atoms with E-state index in [9.17, 15) is 4.79 Å². The molecule has 0 radical (unpaired) electrons. The van der Waals surface area contributed by atoms with Crippen LogP contribution in [0.5, 0.6) is 0 Å². The number of nitrogens with zero attached hydrogens (tertiary/aromatic N) is 5. The van der Waals surface area contributed by atoms with Crippen molar-refractivity contribution < 1.29 is 4.79 Å². The summed E-state index contributed by atoms with van der Waals surface area (Å²) in [4.78, 5) is 20.9. The van der Waals surface area contributed by atoms with Crippen LogP contribution in [0, 0.1) is 6.92 Å². The standard InChI is InChI=1S/C21H21N5O/c1-16-4-2-5-17(14-16)21(27)26-12-10-25(11-13-26)20-8-7-19(23-24-20)18-6-3-9-22-15-18/h2-9,14-15H,10-13H2,1H3. The summed E-state index contributed by atoms with van der Waals surface area (Å²) in [6.45, 7) is 4.86. The van der Waals surface area contributed by atoms with E-state index in [1.165, 1.54) is 0 Å². The first-order valence-electron chi connectivity index (χ1n) is 9.06. The lowest BCUT2D eigenvalue weighted by molar-refractivity contribution is 0.0746. The van der Waals surface area contributed by atoms with Gasteiger partial charge in [-0.15, -0.1) is 10.2 Å². The summed E-state index contributed by atoms with van der Waals surface area (Å²) in [6, 6.07) is 15.5. The molecule has 0 spiro atoms. The summed E-state index contributed by atoms with van der Waals surface area (Å²) in [5, 5.41) is 8.69. The Morgan fingerprint density at radius 3 is 2.48 bits per heavy atom. The van der Waals surface area contributed by atoms with E-state index in [0.29, 0.717) is 13.1 Å². The summed E-state index contributed by atoms with van der Waals surface area (Å²) in [6.07, 6.45) is 3.52. The largest absolute Gasteiger partial charge is 0.352 e. The van der Waals surface area contributed by atoms with E-state index in [1.54, 1.807) is 12.4 Å². The molecular weight excluding hydrogens is 338 g/mol. The van der Waals surface area contributed by atoms with Gasteiger partial charge < -0.3 is 9.80 Å². The molecule has 0 atom stereocenters. The van der Waals surface area contributed by atoms with E-state index >= 15 is 0 Å². The van der Waals surface area contributed by atoms with Gasteiger partial charge in [0.25, 0.3) is 5.91 Å². The number of pyridine rings is 1. The lowest BCUT2D eigenvalue weighted by Crippen LogP contribution is -2.49. The first-order chi connectivity index (χ1) is 13.2. The first kappa shape index (κ1) is 17.1. The molecule has 0 saturated carbocycles. The van der Waals surface area contributed by atoms with Crippen LogP contribution in [0.2, 0.25) is 0 Å². The molecule has 3 aromatic rings. The second-order valence-electron chi connectivity index (χ2n) is 6.67. The topological polar surface area (TPSA) is 62.2 Å². The van der Waals surface area contributed by atoms with Crippen molar-refractivity contribution in [2.24, 2.45) is 0 Å². The van der Waals surface area contributed by atoms with Crippen molar-refractivity contribution in [3.8, 4) is 11.3 Å². The molecule has 0 bridgehead atoms. The van der Waals surface area contributed by atoms with Gasteiger partial charge in [0.2, 0.25) is 0 Å². The van der Waals surface area contributed by atoms with Gasteiger partial charge in [-0.3, -0.25) is 9.78 Å². The van der Waals surface area contributed by atoms with Gasteiger partial charge in [-0.1, -0.05) is 17.7 Å². The number of carbonyl (C=O) groups excluding carboxylic acids is 1. The minimum atomic E-state index is 0.0939. The van der Waals surface area contributed by atoms with Crippen LogP contribution in [0.4, 0.5) is 5.82 Å². The predicted octanol–water partition coefficient (Wildman–Crippen LogP) is 2.81. The molecule has 4 rings (SSSR count). The maximum absolute atomic E-state index is 12.7. The highest BCUT2D eigenvalue weighted by atomic mass is 16.2. The SMILES string of the molecule is Cc1cccc(C(=O)N2CCN(c3ccc(-c4cccnc4)nn3)CC2)c1. The number of rotatable bonds is 3. The van der Waals surface area contributed by atoms with Gasteiger partial charge in [-0.05, 0) is 43.3 Å². The van der Waals surface area contributed by atoms with Crippen molar-refractivity contribution in [3.05, 3.63) is 72.1 Å². The fourth-order valence-corrected chi connectivity index (χ4v) is 3.26. The Hall–Kier alpha value is -3.28. The lowest BCUT2D eigenvalue weighted by Gasteiger charge is -2.35. The van der Waals surface area contributed by atoms with Gasteiger partial charge in [0.05, 0.1) is 5.69 Å². The van der Waals surface area contributed by atoms with E-state index in [-0.39, 0.29) is 5.91 Å². The molecule has 3 heterocycles. The van der Waals surface area contributed by atoms with E-state index in [1.807, 2.05) is 60.4 Å². The Bertz CT molecular complexity index is 919. The highest BCUT2D eigenvalue weighted by Gasteiger charge is 2.23. The maximum Gasteiger partial charge on any atom is 0.253 e. The average Bonchev–Trinajstić information content (AvgIpc) is 2.74. The minimum Gasteiger partial charge on any atom is -0.352 e. The number of benzene rings is 1. The normalized spacial score (nSPS) is 14.3. The van der Waals surface area contributed by atoms with Crippen molar-refractivity contribution in [2.75, 3.05) is 31.1 Å². The van der Waals surface area contributed by atoms with Gasteiger partial charge in [0, 0.05) is 49.7 Å². The number of aryl methyl sites for hydroxylation is 1. The molecule has 6 heteroatoms. The molecule has 1 aromatic carbocycles. The maximum atomic E-state index is 12.7. The number of carbonyl (C=O) groups is 1. The number of piperazine rings is 1. The second-order valence-corrected chi connectivity index (χ2v) is 6.67.